The van der Waals surface area contributed by atoms with Gasteiger partial charge in [-0.15, -0.1) is 4.40 Å². The van der Waals surface area contributed by atoms with Crippen molar-refractivity contribution < 1.29 is 13.2 Å². The third-order valence-corrected chi connectivity index (χ3v) is 5.85. The smallest absolute Gasteiger partial charge is 0.286 e. The lowest BCUT2D eigenvalue weighted by Gasteiger charge is -2.27. The maximum atomic E-state index is 11.9. The van der Waals surface area contributed by atoms with E-state index in [1.165, 1.54) is 6.42 Å². The van der Waals surface area contributed by atoms with Gasteiger partial charge in [0.05, 0.1) is 10.4 Å². The van der Waals surface area contributed by atoms with Crippen LogP contribution in [0.4, 0.5) is 0 Å². The van der Waals surface area contributed by atoms with E-state index in [4.69, 9.17) is 4.74 Å². The second-order valence-electron chi connectivity index (χ2n) is 4.82. The van der Waals surface area contributed by atoms with Gasteiger partial charge in [-0.1, -0.05) is 34.5 Å². The van der Waals surface area contributed by atoms with Crippen LogP contribution >= 0.6 is 15.9 Å². The van der Waals surface area contributed by atoms with E-state index in [2.05, 4.69) is 20.3 Å². The highest BCUT2D eigenvalue weighted by Gasteiger charge is 2.33. The lowest BCUT2D eigenvalue weighted by Crippen LogP contribution is -2.30. The van der Waals surface area contributed by atoms with Crippen molar-refractivity contribution in [2.75, 3.05) is 0 Å². The maximum Gasteiger partial charge on any atom is 0.286 e. The van der Waals surface area contributed by atoms with Crippen molar-refractivity contribution in [3.63, 3.8) is 0 Å². The van der Waals surface area contributed by atoms with Gasteiger partial charge in [0.15, 0.2) is 0 Å². The number of sulfonamides is 1. The monoisotopic (exact) mass is 343 g/mol. The molecule has 0 unspecified atom stereocenters. The molecule has 1 saturated carbocycles. The molecule has 1 aliphatic heterocycles. The zero-order valence-electron chi connectivity index (χ0n) is 10.3. The molecule has 0 radical (unpaired) electrons. The van der Waals surface area contributed by atoms with E-state index >= 15 is 0 Å². The molecule has 0 N–H and O–H groups in total. The first-order chi connectivity index (χ1) is 9.08. The fourth-order valence-corrected chi connectivity index (χ4v) is 4.33. The van der Waals surface area contributed by atoms with Gasteiger partial charge in [0.2, 0.25) is 5.90 Å². The minimum absolute atomic E-state index is 0.00569. The number of ether oxygens (including phenoxy) is 1. The second-order valence-corrected chi connectivity index (χ2v) is 7.57. The van der Waals surface area contributed by atoms with Gasteiger partial charge in [-0.05, 0) is 31.4 Å². The van der Waals surface area contributed by atoms with Crippen molar-refractivity contribution in [3.05, 3.63) is 29.8 Å². The lowest BCUT2D eigenvalue weighted by molar-refractivity contribution is 0.153. The van der Waals surface area contributed by atoms with Crippen LogP contribution in [0.1, 0.15) is 31.2 Å². The van der Waals surface area contributed by atoms with Crippen molar-refractivity contribution >= 4 is 31.9 Å². The topological polar surface area (TPSA) is 55.7 Å². The molecule has 0 bridgehead atoms. The van der Waals surface area contributed by atoms with Gasteiger partial charge in [0.1, 0.15) is 11.0 Å². The van der Waals surface area contributed by atoms with Gasteiger partial charge in [0.25, 0.3) is 10.0 Å². The summed E-state index contributed by atoms with van der Waals surface area (Å²) in [5.74, 6) is 0.243. The molecule has 1 heterocycles. The summed E-state index contributed by atoms with van der Waals surface area (Å²) in [4.78, 5) is 0.506. The van der Waals surface area contributed by atoms with Crippen LogP contribution in [-0.2, 0) is 14.8 Å². The van der Waals surface area contributed by atoms with E-state index in [1.54, 1.807) is 24.3 Å². The zero-order valence-corrected chi connectivity index (χ0v) is 12.7. The van der Waals surface area contributed by atoms with E-state index in [9.17, 15) is 8.42 Å². The molecular formula is C13H14BrNO3S. The molecular weight excluding hydrogens is 330 g/mol. The molecule has 2 aliphatic rings. The van der Waals surface area contributed by atoms with E-state index in [0.717, 1.165) is 19.3 Å². The van der Waals surface area contributed by atoms with Crippen LogP contribution in [0.5, 0.6) is 0 Å². The van der Waals surface area contributed by atoms with Crippen LogP contribution in [0.25, 0.3) is 0 Å². The molecule has 4 nitrogen and oxygen atoms in total. The molecule has 1 aromatic carbocycles. The quantitative estimate of drug-likeness (QED) is 0.736. The number of fused-ring (bicyclic) bond motifs is 1. The van der Waals surface area contributed by atoms with Crippen molar-refractivity contribution in [3.8, 4) is 0 Å². The van der Waals surface area contributed by atoms with Crippen molar-refractivity contribution in [2.45, 2.75) is 41.5 Å². The maximum absolute atomic E-state index is 11.9. The van der Waals surface area contributed by atoms with E-state index in [1.807, 2.05) is 0 Å². The van der Waals surface area contributed by atoms with E-state index in [-0.39, 0.29) is 21.7 Å². The predicted molar refractivity (Wildman–Crippen MR) is 76.2 cm³/mol. The van der Waals surface area contributed by atoms with Crippen LogP contribution < -0.4 is 0 Å². The second kappa shape index (κ2) is 4.90. The highest BCUT2D eigenvalue weighted by atomic mass is 79.9. The lowest BCUT2D eigenvalue weighted by atomic mass is 9.97. The fraction of sp³-hybridized carbons (Fsp3) is 0.462. The van der Waals surface area contributed by atoms with Crippen LogP contribution in [-0.4, -0.2) is 25.2 Å². The summed E-state index contributed by atoms with van der Waals surface area (Å²) in [6.07, 6.45) is 4.25. The largest absolute Gasteiger partial charge is 0.472 e. The highest BCUT2D eigenvalue weighted by Crippen LogP contribution is 2.31. The first-order valence-corrected chi connectivity index (χ1v) is 8.68. The summed E-state index contributed by atoms with van der Waals surface area (Å²) in [6.45, 7) is 0. The molecule has 102 valence electrons. The Bertz CT molecular complexity index is 627. The fourth-order valence-electron chi connectivity index (χ4n) is 2.49. The average Bonchev–Trinajstić information content (AvgIpc) is 2.65. The summed E-state index contributed by atoms with van der Waals surface area (Å²) < 4.78 is 33.4. The van der Waals surface area contributed by atoms with Crippen molar-refractivity contribution in [1.29, 1.82) is 0 Å². The highest BCUT2D eigenvalue weighted by molar-refractivity contribution is 9.09. The van der Waals surface area contributed by atoms with Crippen LogP contribution in [0.15, 0.2) is 33.6 Å². The minimum Gasteiger partial charge on any atom is -0.472 e. The molecule has 0 amide bonds. The Hall–Kier alpha value is -0.880. The normalized spacial score (nSPS) is 28.6. The zero-order chi connectivity index (χ0) is 13.5. The van der Waals surface area contributed by atoms with Gasteiger partial charge >= 0.3 is 0 Å². The number of rotatable bonds is 1. The number of nitrogens with zero attached hydrogens (tertiary/aromatic N) is 1. The summed E-state index contributed by atoms with van der Waals surface area (Å²) in [6, 6.07) is 6.80. The molecule has 3 rings (SSSR count). The number of halogens is 1. The van der Waals surface area contributed by atoms with Gasteiger partial charge < -0.3 is 4.74 Å². The minimum atomic E-state index is -3.58. The standard InChI is InChI=1S/C13H14BrNO3S/c14-10-6-2-3-7-11(10)18-13-9-5-1-4-8-12(9)19(16,17)15-13/h1,4-5,8,10-11H,2-3,6-7H2/t10-,11-/m0/s1. The van der Waals surface area contributed by atoms with Gasteiger partial charge in [-0.2, -0.15) is 8.42 Å². The Morgan fingerprint density at radius 2 is 1.95 bits per heavy atom. The number of benzene rings is 1. The molecule has 1 aromatic rings. The van der Waals surface area contributed by atoms with Gasteiger partial charge in [0, 0.05) is 0 Å². The molecule has 6 heteroatoms. The molecule has 1 aliphatic carbocycles. The average molecular weight is 344 g/mol. The Morgan fingerprint density at radius 1 is 1.21 bits per heavy atom. The summed E-state index contributed by atoms with van der Waals surface area (Å²) in [5.41, 5.74) is 0.577. The van der Waals surface area contributed by atoms with E-state index < -0.39 is 10.0 Å². The van der Waals surface area contributed by atoms with Gasteiger partial charge in [-0.3, -0.25) is 0 Å². The first kappa shape index (κ1) is 13.1. The molecule has 2 atom stereocenters. The van der Waals surface area contributed by atoms with Crippen LogP contribution in [0.3, 0.4) is 0 Å². The summed E-state index contributed by atoms with van der Waals surface area (Å²) in [7, 11) is -3.58. The van der Waals surface area contributed by atoms with Crippen molar-refractivity contribution in [1.82, 2.24) is 0 Å². The molecule has 0 aromatic heterocycles. The third-order valence-electron chi connectivity index (χ3n) is 3.48. The Morgan fingerprint density at radius 3 is 2.74 bits per heavy atom. The molecule has 1 fully saturated rings. The molecule has 19 heavy (non-hydrogen) atoms. The van der Waals surface area contributed by atoms with Crippen molar-refractivity contribution in [2.24, 2.45) is 4.40 Å². The summed E-state index contributed by atoms with van der Waals surface area (Å²) >= 11 is 3.60. The third kappa shape index (κ3) is 2.43. The summed E-state index contributed by atoms with van der Waals surface area (Å²) in [5, 5.41) is 0. The molecule has 0 spiro atoms. The molecule has 0 saturated heterocycles. The number of hydrogen-bond donors (Lipinski definition) is 0. The Kier molecular flexibility index (Phi) is 3.39. The Labute approximate surface area is 121 Å². The predicted octanol–water partition coefficient (Wildman–Crippen LogP) is 2.86. The number of hydrogen-bond acceptors (Lipinski definition) is 3. The Balaban J connectivity index is 1.90. The van der Waals surface area contributed by atoms with E-state index in [0.29, 0.717) is 5.56 Å². The van der Waals surface area contributed by atoms with Crippen LogP contribution in [0, 0.1) is 0 Å². The van der Waals surface area contributed by atoms with Gasteiger partial charge in [-0.25, -0.2) is 0 Å². The SMILES string of the molecule is O=S1(=O)N=C(O[C@H]2CCCC[C@@H]2Br)c2ccccc21. The first-order valence-electron chi connectivity index (χ1n) is 6.33. The van der Waals surface area contributed by atoms with Crippen LogP contribution in [0.2, 0.25) is 0 Å². The number of alkyl halides is 1.